The highest BCUT2D eigenvalue weighted by Gasteiger charge is 2.09. The van der Waals surface area contributed by atoms with E-state index < -0.39 is 0 Å². The molecule has 0 aliphatic heterocycles. The molecule has 0 fully saturated rings. The van der Waals surface area contributed by atoms with E-state index in [-0.39, 0.29) is 6.61 Å². The highest BCUT2D eigenvalue weighted by molar-refractivity contribution is 6.37. The van der Waals surface area contributed by atoms with Crippen molar-refractivity contribution in [2.24, 2.45) is 0 Å². The van der Waals surface area contributed by atoms with Gasteiger partial charge in [0.25, 0.3) is 5.89 Å². The molecule has 0 saturated carbocycles. The largest absolute Gasteiger partial charge is 0.481 e. The van der Waals surface area contributed by atoms with Crippen LogP contribution in [0, 0.1) is 6.92 Å². The topological polar surface area (TPSA) is 48.2 Å². The molecule has 0 amide bonds. The average Bonchev–Trinajstić information content (AvgIpc) is 2.63. The van der Waals surface area contributed by atoms with Gasteiger partial charge in [-0.3, -0.25) is 0 Å². The first kappa shape index (κ1) is 11.2. The van der Waals surface area contributed by atoms with Gasteiger partial charge in [-0.05, 0) is 19.1 Å². The number of rotatable bonds is 3. The number of nitrogens with zero attached hydrogens (tertiary/aromatic N) is 2. The van der Waals surface area contributed by atoms with Crippen molar-refractivity contribution in [3.05, 3.63) is 40.0 Å². The van der Waals surface area contributed by atoms with Crippen molar-refractivity contribution in [3.63, 3.8) is 0 Å². The summed E-state index contributed by atoms with van der Waals surface area (Å²) in [6.07, 6.45) is 0. The van der Waals surface area contributed by atoms with E-state index in [1.165, 1.54) is 0 Å². The van der Waals surface area contributed by atoms with Crippen LogP contribution in [0.25, 0.3) is 0 Å². The molecule has 4 nitrogen and oxygen atoms in total. The SMILES string of the molecule is Cc1noc(COc2c(Cl)cccc2Cl)n1. The Morgan fingerprint density at radius 2 is 2.00 bits per heavy atom. The van der Waals surface area contributed by atoms with E-state index in [1.54, 1.807) is 25.1 Å². The molecule has 0 bridgehead atoms. The molecule has 0 aliphatic carbocycles. The molecule has 84 valence electrons. The Hall–Kier alpha value is -1.26. The molecule has 0 N–H and O–H groups in total. The van der Waals surface area contributed by atoms with Crippen molar-refractivity contribution >= 4 is 23.2 Å². The third-order valence-corrected chi connectivity index (χ3v) is 2.42. The number of halogens is 2. The second-order valence-corrected chi connectivity index (χ2v) is 3.89. The van der Waals surface area contributed by atoms with Gasteiger partial charge in [-0.1, -0.05) is 34.4 Å². The van der Waals surface area contributed by atoms with Crippen LogP contribution in [0.15, 0.2) is 22.7 Å². The van der Waals surface area contributed by atoms with Crippen molar-refractivity contribution in [1.82, 2.24) is 10.1 Å². The minimum atomic E-state index is 0.143. The van der Waals surface area contributed by atoms with Crippen molar-refractivity contribution in [1.29, 1.82) is 0 Å². The summed E-state index contributed by atoms with van der Waals surface area (Å²) in [5, 5.41) is 4.54. The van der Waals surface area contributed by atoms with Gasteiger partial charge in [0.1, 0.15) is 0 Å². The average molecular weight is 259 g/mol. The van der Waals surface area contributed by atoms with Crippen LogP contribution in [0.2, 0.25) is 10.0 Å². The molecule has 0 aliphatic rings. The zero-order chi connectivity index (χ0) is 11.5. The Morgan fingerprint density at radius 3 is 2.56 bits per heavy atom. The van der Waals surface area contributed by atoms with E-state index in [0.717, 1.165) is 0 Å². The maximum atomic E-state index is 5.92. The van der Waals surface area contributed by atoms with Crippen LogP contribution in [0.4, 0.5) is 0 Å². The maximum Gasteiger partial charge on any atom is 0.264 e. The van der Waals surface area contributed by atoms with Crippen molar-refractivity contribution in [2.75, 3.05) is 0 Å². The Kier molecular flexibility index (Phi) is 3.31. The number of aromatic nitrogens is 2. The molecule has 2 rings (SSSR count). The maximum absolute atomic E-state index is 5.92. The molecule has 0 unspecified atom stereocenters. The lowest BCUT2D eigenvalue weighted by Crippen LogP contribution is -1.96. The van der Waals surface area contributed by atoms with Crippen LogP contribution in [0.3, 0.4) is 0 Å². The summed E-state index contributed by atoms with van der Waals surface area (Å²) in [5.41, 5.74) is 0. The molecular weight excluding hydrogens is 251 g/mol. The number of hydrogen-bond acceptors (Lipinski definition) is 4. The van der Waals surface area contributed by atoms with Crippen molar-refractivity contribution < 1.29 is 9.26 Å². The van der Waals surface area contributed by atoms with Gasteiger partial charge in [-0.25, -0.2) is 0 Å². The van der Waals surface area contributed by atoms with E-state index >= 15 is 0 Å². The van der Waals surface area contributed by atoms with Crippen molar-refractivity contribution in [2.45, 2.75) is 13.5 Å². The summed E-state index contributed by atoms with van der Waals surface area (Å²) in [7, 11) is 0. The van der Waals surface area contributed by atoms with Crippen LogP contribution >= 0.6 is 23.2 Å². The number of hydrogen-bond donors (Lipinski definition) is 0. The smallest absolute Gasteiger partial charge is 0.264 e. The fourth-order valence-electron chi connectivity index (χ4n) is 1.15. The zero-order valence-electron chi connectivity index (χ0n) is 8.41. The fraction of sp³-hybridized carbons (Fsp3) is 0.200. The fourth-order valence-corrected chi connectivity index (χ4v) is 1.66. The summed E-state index contributed by atoms with van der Waals surface area (Å²) >= 11 is 11.8. The molecule has 1 aromatic heterocycles. The van der Waals surface area contributed by atoms with Crippen LogP contribution < -0.4 is 4.74 Å². The Balaban J connectivity index is 2.10. The first-order chi connectivity index (χ1) is 7.66. The van der Waals surface area contributed by atoms with Gasteiger partial charge >= 0.3 is 0 Å². The van der Waals surface area contributed by atoms with E-state index in [1.807, 2.05) is 0 Å². The van der Waals surface area contributed by atoms with Gasteiger partial charge in [0.05, 0.1) is 10.0 Å². The number of aryl methyl sites for hydroxylation is 1. The van der Waals surface area contributed by atoms with Crippen LogP contribution in [-0.2, 0) is 6.61 Å². The molecule has 0 saturated heterocycles. The molecule has 0 spiro atoms. The summed E-state index contributed by atoms with van der Waals surface area (Å²) < 4.78 is 10.3. The summed E-state index contributed by atoms with van der Waals surface area (Å²) in [5.74, 6) is 1.36. The quantitative estimate of drug-likeness (QED) is 0.848. The summed E-state index contributed by atoms with van der Waals surface area (Å²) in [6, 6.07) is 5.14. The van der Waals surface area contributed by atoms with Gasteiger partial charge in [0.2, 0.25) is 0 Å². The Labute approximate surface area is 102 Å². The first-order valence-electron chi connectivity index (χ1n) is 4.53. The van der Waals surface area contributed by atoms with Gasteiger partial charge in [-0.2, -0.15) is 4.98 Å². The van der Waals surface area contributed by atoms with Crippen LogP contribution in [-0.4, -0.2) is 10.1 Å². The third-order valence-electron chi connectivity index (χ3n) is 1.83. The molecule has 6 heteroatoms. The predicted molar refractivity (Wildman–Crippen MR) is 59.8 cm³/mol. The number of benzene rings is 1. The third kappa shape index (κ3) is 2.46. The number of ether oxygens (including phenoxy) is 1. The van der Waals surface area contributed by atoms with Gasteiger partial charge in [0, 0.05) is 0 Å². The van der Waals surface area contributed by atoms with E-state index in [0.29, 0.717) is 27.5 Å². The monoisotopic (exact) mass is 258 g/mol. The molecule has 16 heavy (non-hydrogen) atoms. The lowest BCUT2D eigenvalue weighted by molar-refractivity contribution is 0.243. The predicted octanol–water partition coefficient (Wildman–Crippen LogP) is 3.26. The standard InChI is InChI=1S/C10H8Cl2N2O2/c1-6-13-9(16-14-6)5-15-10-7(11)3-2-4-8(10)12/h2-4H,5H2,1H3. The van der Waals surface area contributed by atoms with Crippen LogP contribution in [0.1, 0.15) is 11.7 Å². The minimum absolute atomic E-state index is 0.143. The van der Waals surface area contributed by atoms with Gasteiger partial charge < -0.3 is 9.26 Å². The van der Waals surface area contributed by atoms with Gasteiger partial charge in [-0.15, -0.1) is 0 Å². The summed E-state index contributed by atoms with van der Waals surface area (Å²) in [6.45, 7) is 1.87. The molecule has 2 aromatic rings. The molecule has 0 radical (unpaired) electrons. The second kappa shape index (κ2) is 4.72. The highest BCUT2D eigenvalue weighted by Crippen LogP contribution is 2.32. The lowest BCUT2D eigenvalue weighted by Gasteiger charge is -2.06. The zero-order valence-corrected chi connectivity index (χ0v) is 9.92. The molecular formula is C10H8Cl2N2O2. The molecule has 0 atom stereocenters. The minimum Gasteiger partial charge on any atom is -0.481 e. The van der Waals surface area contributed by atoms with Gasteiger partial charge in [0.15, 0.2) is 18.2 Å². The Morgan fingerprint density at radius 1 is 1.31 bits per heavy atom. The Bertz CT molecular complexity index is 479. The summed E-state index contributed by atoms with van der Waals surface area (Å²) in [4.78, 5) is 4.00. The normalized spacial score (nSPS) is 10.4. The molecule has 1 heterocycles. The molecule has 1 aromatic carbocycles. The van der Waals surface area contributed by atoms with E-state index in [2.05, 4.69) is 10.1 Å². The van der Waals surface area contributed by atoms with E-state index in [4.69, 9.17) is 32.5 Å². The number of para-hydroxylation sites is 1. The van der Waals surface area contributed by atoms with Crippen LogP contribution in [0.5, 0.6) is 5.75 Å². The highest BCUT2D eigenvalue weighted by atomic mass is 35.5. The van der Waals surface area contributed by atoms with E-state index in [9.17, 15) is 0 Å². The van der Waals surface area contributed by atoms with Crippen molar-refractivity contribution in [3.8, 4) is 5.75 Å². The second-order valence-electron chi connectivity index (χ2n) is 3.07. The lowest BCUT2D eigenvalue weighted by atomic mass is 10.3. The first-order valence-corrected chi connectivity index (χ1v) is 5.28.